The van der Waals surface area contributed by atoms with E-state index in [9.17, 15) is 9.90 Å². The summed E-state index contributed by atoms with van der Waals surface area (Å²) in [7, 11) is 0. The van der Waals surface area contributed by atoms with Crippen molar-refractivity contribution in [1.82, 2.24) is 0 Å². The Balaban J connectivity index is 2.00. The fourth-order valence-corrected chi connectivity index (χ4v) is 3.00. The predicted molar refractivity (Wildman–Crippen MR) is 83.1 cm³/mol. The lowest BCUT2D eigenvalue weighted by molar-refractivity contribution is 0.0696. The Hall–Kier alpha value is -1.61. The van der Waals surface area contributed by atoms with Crippen molar-refractivity contribution < 1.29 is 9.90 Å². The SMILES string of the molecule is O=C(O)c1cc(-c2cccc(C3CCC3)c2)ccc1Br. The van der Waals surface area contributed by atoms with Crippen LogP contribution < -0.4 is 0 Å². The van der Waals surface area contributed by atoms with Gasteiger partial charge in [-0.15, -0.1) is 0 Å². The minimum Gasteiger partial charge on any atom is -0.478 e. The molecule has 1 aliphatic rings. The van der Waals surface area contributed by atoms with Crippen LogP contribution in [-0.2, 0) is 0 Å². The first-order valence-electron chi connectivity index (χ1n) is 6.78. The van der Waals surface area contributed by atoms with Gasteiger partial charge in [0.2, 0.25) is 0 Å². The molecule has 1 N–H and O–H groups in total. The van der Waals surface area contributed by atoms with Crippen LogP contribution in [0.2, 0.25) is 0 Å². The van der Waals surface area contributed by atoms with Gasteiger partial charge in [0.25, 0.3) is 0 Å². The van der Waals surface area contributed by atoms with Crippen LogP contribution in [0.1, 0.15) is 41.1 Å². The number of halogens is 1. The van der Waals surface area contributed by atoms with Crippen LogP contribution in [0.25, 0.3) is 11.1 Å². The molecule has 2 aromatic rings. The van der Waals surface area contributed by atoms with Crippen LogP contribution in [0.15, 0.2) is 46.9 Å². The summed E-state index contributed by atoms with van der Waals surface area (Å²) in [5.41, 5.74) is 3.71. The molecule has 0 aromatic heterocycles. The molecular weight excluding hydrogens is 316 g/mol. The van der Waals surface area contributed by atoms with Crippen molar-refractivity contribution >= 4 is 21.9 Å². The minimum atomic E-state index is -0.908. The van der Waals surface area contributed by atoms with Crippen molar-refractivity contribution in [3.05, 3.63) is 58.1 Å². The minimum absolute atomic E-state index is 0.302. The quantitative estimate of drug-likeness (QED) is 0.851. The highest BCUT2D eigenvalue weighted by atomic mass is 79.9. The Morgan fingerprint density at radius 3 is 2.50 bits per heavy atom. The largest absolute Gasteiger partial charge is 0.478 e. The second-order valence-corrected chi connectivity index (χ2v) is 6.11. The maximum absolute atomic E-state index is 11.2. The van der Waals surface area contributed by atoms with Crippen LogP contribution in [-0.4, -0.2) is 11.1 Å². The summed E-state index contributed by atoms with van der Waals surface area (Å²) in [6.45, 7) is 0. The van der Waals surface area contributed by atoms with Crippen molar-refractivity contribution in [1.29, 1.82) is 0 Å². The van der Waals surface area contributed by atoms with E-state index in [1.54, 1.807) is 12.1 Å². The molecule has 0 radical (unpaired) electrons. The third-order valence-electron chi connectivity index (χ3n) is 3.99. The zero-order valence-electron chi connectivity index (χ0n) is 11.0. The zero-order valence-corrected chi connectivity index (χ0v) is 12.6. The molecule has 0 spiro atoms. The fraction of sp³-hybridized carbons (Fsp3) is 0.235. The van der Waals surface area contributed by atoms with Gasteiger partial charge in [0.05, 0.1) is 5.56 Å². The summed E-state index contributed by atoms with van der Waals surface area (Å²) in [6, 6.07) is 13.9. The van der Waals surface area contributed by atoms with Crippen molar-refractivity contribution in [2.24, 2.45) is 0 Å². The van der Waals surface area contributed by atoms with E-state index in [0.29, 0.717) is 16.0 Å². The van der Waals surface area contributed by atoms with Crippen molar-refractivity contribution in [3.63, 3.8) is 0 Å². The summed E-state index contributed by atoms with van der Waals surface area (Å²) in [6.07, 6.45) is 3.85. The molecule has 1 saturated carbocycles. The number of benzene rings is 2. The second kappa shape index (κ2) is 5.41. The maximum atomic E-state index is 11.2. The van der Waals surface area contributed by atoms with Crippen LogP contribution in [0.3, 0.4) is 0 Å². The molecule has 1 aliphatic carbocycles. The van der Waals surface area contributed by atoms with Crippen LogP contribution in [0, 0.1) is 0 Å². The van der Waals surface area contributed by atoms with E-state index < -0.39 is 5.97 Å². The van der Waals surface area contributed by atoms with Crippen molar-refractivity contribution in [2.45, 2.75) is 25.2 Å². The normalized spacial score (nSPS) is 14.8. The lowest BCUT2D eigenvalue weighted by Crippen LogP contribution is -2.08. The Morgan fingerprint density at radius 2 is 1.85 bits per heavy atom. The number of aromatic carboxylic acids is 1. The Bertz CT molecular complexity index is 660. The average molecular weight is 331 g/mol. The second-order valence-electron chi connectivity index (χ2n) is 5.25. The van der Waals surface area contributed by atoms with Gasteiger partial charge in [-0.1, -0.05) is 36.8 Å². The van der Waals surface area contributed by atoms with E-state index in [2.05, 4.69) is 34.1 Å². The molecule has 3 rings (SSSR count). The molecule has 102 valence electrons. The lowest BCUT2D eigenvalue weighted by Gasteiger charge is -2.26. The molecule has 3 heteroatoms. The van der Waals surface area contributed by atoms with E-state index in [0.717, 1.165) is 11.1 Å². The van der Waals surface area contributed by atoms with E-state index >= 15 is 0 Å². The molecule has 20 heavy (non-hydrogen) atoms. The average Bonchev–Trinajstić information content (AvgIpc) is 2.37. The molecule has 2 aromatic carbocycles. The van der Waals surface area contributed by atoms with Crippen LogP contribution in [0.5, 0.6) is 0 Å². The fourth-order valence-electron chi connectivity index (χ4n) is 2.58. The summed E-state index contributed by atoms with van der Waals surface area (Å²) < 4.78 is 0.615. The Labute approximate surface area is 126 Å². The first-order chi connectivity index (χ1) is 9.65. The van der Waals surface area contributed by atoms with Gasteiger partial charge in [-0.05, 0) is 63.5 Å². The lowest BCUT2D eigenvalue weighted by atomic mass is 9.79. The monoisotopic (exact) mass is 330 g/mol. The maximum Gasteiger partial charge on any atom is 0.336 e. The van der Waals surface area contributed by atoms with Gasteiger partial charge in [0.1, 0.15) is 0 Å². The standard InChI is InChI=1S/C17H15BrO2/c18-16-8-7-14(10-15(16)17(19)20)13-6-2-5-12(9-13)11-3-1-4-11/h2,5-11H,1,3-4H2,(H,19,20). The number of rotatable bonds is 3. The number of hydrogen-bond acceptors (Lipinski definition) is 1. The summed E-state index contributed by atoms with van der Waals surface area (Å²) in [4.78, 5) is 11.2. The van der Waals surface area contributed by atoms with E-state index in [1.165, 1.54) is 24.8 Å². The Morgan fingerprint density at radius 1 is 1.10 bits per heavy atom. The summed E-state index contributed by atoms with van der Waals surface area (Å²) >= 11 is 3.28. The highest BCUT2D eigenvalue weighted by molar-refractivity contribution is 9.10. The highest BCUT2D eigenvalue weighted by Crippen LogP contribution is 2.37. The molecule has 0 amide bonds. The van der Waals surface area contributed by atoms with Crippen LogP contribution in [0.4, 0.5) is 0 Å². The van der Waals surface area contributed by atoms with Crippen molar-refractivity contribution in [3.8, 4) is 11.1 Å². The summed E-state index contributed by atoms with van der Waals surface area (Å²) in [5, 5.41) is 9.20. The Kier molecular flexibility index (Phi) is 3.62. The van der Waals surface area contributed by atoms with E-state index in [1.807, 2.05) is 12.1 Å². The van der Waals surface area contributed by atoms with Gasteiger partial charge in [0, 0.05) is 4.47 Å². The number of carboxylic acid groups (broad SMARTS) is 1. The van der Waals surface area contributed by atoms with Gasteiger partial charge in [-0.2, -0.15) is 0 Å². The molecule has 0 heterocycles. The number of carboxylic acids is 1. The molecule has 0 aliphatic heterocycles. The summed E-state index contributed by atoms with van der Waals surface area (Å²) in [5.74, 6) is -0.224. The molecule has 0 saturated heterocycles. The highest BCUT2D eigenvalue weighted by Gasteiger charge is 2.19. The molecule has 2 nitrogen and oxygen atoms in total. The predicted octanol–water partition coefficient (Wildman–Crippen LogP) is 5.08. The van der Waals surface area contributed by atoms with Gasteiger partial charge >= 0.3 is 5.97 Å². The third kappa shape index (κ3) is 2.50. The number of hydrogen-bond donors (Lipinski definition) is 1. The van der Waals surface area contributed by atoms with E-state index in [4.69, 9.17) is 0 Å². The van der Waals surface area contributed by atoms with Crippen molar-refractivity contribution in [2.75, 3.05) is 0 Å². The third-order valence-corrected chi connectivity index (χ3v) is 4.68. The zero-order chi connectivity index (χ0) is 14.1. The molecule has 1 fully saturated rings. The molecule has 0 bridgehead atoms. The molecule has 0 unspecified atom stereocenters. The van der Waals surface area contributed by atoms with Crippen LogP contribution >= 0.6 is 15.9 Å². The topological polar surface area (TPSA) is 37.3 Å². The van der Waals surface area contributed by atoms with Gasteiger partial charge in [0.15, 0.2) is 0 Å². The first kappa shape index (κ1) is 13.4. The first-order valence-corrected chi connectivity index (χ1v) is 7.57. The molecular formula is C17H15BrO2. The smallest absolute Gasteiger partial charge is 0.336 e. The van der Waals surface area contributed by atoms with E-state index in [-0.39, 0.29) is 0 Å². The number of carbonyl (C=O) groups is 1. The molecule has 0 atom stereocenters. The van der Waals surface area contributed by atoms with Gasteiger partial charge in [-0.3, -0.25) is 0 Å². The van der Waals surface area contributed by atoms with Gasteiger partial charge in [-0.25, -0.2) is 4.79 Å². The van der Waals surface area contributed by atoms with Gasteiger partial charge < -0.3 is 5.11 Å².